The zero-order chi connectivity index (χ0) is 34.6. The van der Waals surface area contributed by atoms with E-state index in [1.807, 2.05) is 25.1 Å². The molecule has 1 atom stereocenters. The number of halogens is 3. The maximum Gasteiger partial charge on any atom is 0.393 e. The monoisotopic (exact) mass is 677 g/mol. The number of hydrogen-bond donors (Lipinski definition) is 5. The smallest absolute Gasteiger partial charge is 0.393 e. The molecule has 0 fully saturated rings. The van der Waals surface area contributed by atoms with Gasteiger partial charge in [-0.05, 0) is 55.7 Å². The van der Waals surface area contributed by atoms with E-state index >= 15 is 0 Å². The van der Waals surface area contributed by atoms with Gasteiger partial charge in [-0.3, -0.25) is 9.59 Å². The SMILES string of the molecule is COC(=O)C(CCC(N)=O)NC(=O)c1ccc(NCC#Cc2sc3c(NCCN(C)C)cccc3c2CC(F)(F)F)c(OCCO)c1. The number of thiophene rings is 1. The van der Waals surface area contributed by atoms with E-state index in [-0.39, 0.29) is 49.5 Å². The van der Waals surface area contributed by atoms with Crippen LogP contribution in [-0.2, 0) is 20.7 Å². The van der Waals surface area contributed by atoms with E-state index in [0.29, 0.717) is 27.2 Å². The lowest BCUT2D eigenvalue weighted by Crippen LogP contribution is -2.42. The molecule has 6 N–H and O–H groups in total. The first-order valence-electron chi connectivity index (χ1n) is 14.6. The Hall–Kier alpha value is -4.52. The van der Waals surface area contributed by atoms with E-state index in [1.165, 1.54) is 29.5 Å². The van der Waals surface area contributed by atoms with Gasteiger partial charge in [0.05, 0.1) is 47.6 Å². The number of esters is 1. The van der Waals surface area contributed by atoms with Gasteiger partial charge in [-0.15, -0.1) is 11.3 Å². The molecule has 0 bridgehead atoms. The van der Waals surface area contributed by atoms with Crippen LogP contribution in [0.1, 0.15) is 33.6 Å². The predicted molar refractivity (Wildman–Crippen MR) is 175 cm³/mol. The molecule has 0 aliphatic carbocycles. The number of alkyl halides is 3. The topological polar surface area (TPSA) is 155 Å². The molecule has 15 heteroatoms. The van der Waals surface area contributed by atoms with E-state index in [4.69, 9.17) is 15.2 Å². The Bertz CT molecular complexity index is 1620. The fraction of sp³-hybridized carbons (Fsp3) is 0.406. The predicted octanol–water partition coefficient (Wildman–Crippen LogP) is 3.35. The van der Waals surface area contributed by atoms with Crippen LogP contribution in [0.4, 0.5) is 24.5 Å². The molecule has 0 aliphatic rings. The third-order valence-corrected chi connectivity index (χ3v) is 7.90. The number of hydrogen-bond acceptors (Lipinski definition) is 10. The van der Waals surface area contributed by atoms with Crippen molar-refractivity contribution in [1.29, 1.82) is 0 Å². The quantitative estimate of drug-likeness (QED) is 0.113. The number of benzene rings is 2. The number of amides is 2. The van der Waals surface area contributed by atoms with Gasteiger partial charge in [-0.1, -0.05) is 24.0 Å². The molecule has 3 rings (SSSR count). The second-order valence-corrected chi connectivity index (χ2v) is 11.6. The molecule has 1 heterocycles. The average Bonchev–Trinajstić information content (AvgIpc) is 3.36. The van der Waals surface area contributed by atoms with Crippen molar-refractivity contribution >= 4 is 50.6 Å². The summed E-state index contributed by atoms with van der Waals surface area (Å²) in [4.78, 5) is 38.5. The fourth-order valence-electron chi connectivity index (χ4n) is 4.47. The minimum absolute atomic E-state index is 0.0200. The Morgan fingerprint density at radius 1 is 1.13 bits per heavy atom. The van der Waals surface area contributed by atoms with Gasteiger partial charge in [0.15, 0.2) is 0 Å². The summed E-state index contributed by atoms with van der Waals surface area (Å²) in [5.41, 5.74) is 6.53. The molecule has 3 aromatic rings. The summed E-state index contributed by atoms with van der Waals surface area (Å²) < 4.78 is 51.7. The van der Waals surface area contributed by atoms with Crippen molar-refractivity contribution in [2.75, 3.05) is 64.7 Å². The maximum atomic E-state index is 13.6. The number of methoxy groups -OCH3 is 1. The lowest BCUT2D eigenvalue weighted by molar-refractivity contribution is -0.143. The van der Waals surface area contributed by atoms with Crippen molar-refractivity contribution in [2.24, 2.45) is 5.73 Å². The van der Waals surface area contributed by atoms with Crippen molar-refractivity contribution in [1.82, 2.24) is 10.2 Å². The second-order valence-electron chi connectivity index (χ2n) is 10.6. The first-order valence-corrected chi connectivity index (χ1v) is 15.4. The molecular formula is C32H38F3N5O6S. The van der Waals surface area contributed by atoms with E-state index in [0.717, 1.165) is 19.3 Å². The number of aliphatic hydroxyl groups is 1. The van der Waals surface area contributed by atoms with E-state index in [2.05, 4.69) is 27.8 Å². The molecule has 47 heavy (non-hydrogen) atoms. The average molecular weight is 678 g/mol. The Balaban J connectivity index is 1.83. The Kier molecular flexibility index (Phi) is 13.7. The molecule has 1 unspecified atom stereocenters. The molecule has 0 spiro atoms. The van der Waals surface area contributed by atoms with Gasteiger partial charge in [-0.25, -0.2) is 4.79 Å². The van der Waals surface area contributed by atoms with Gasteiger partial charge in [0.2, 0.25) is 5.91 Å². The summed E-state index contributed by atoms with van der Waals surface area (Å²) in [5, 5.41) is 18.6. The van der Waals surface area contributed by atoms with Crippen molar-refractivity contribution < 1.29 is 42.1 Å². The highest BCUT2D eigenvalue weighted by Crippen LogP contribution is 2.39. The summed E-state index contributed by atoms with van der Waals surface area (Å²) in [7, 11) is 5.01. The summed E-state index contributed by atoms with van der Waals surface area (Å²) in [6, 6.07) is 8.48. The van der Waals surface area contributed by atoms with Crippen LogP contribution in [0, 0.1) is 11.8 Å². The molecule has 1 aromatic heterocycles. The Labute approximate surface area is 274 Å². The molecule has 0 saturated heterocycles. The van der Waals surface area contributed by atoms with Crippen molar-refractivity contribution in [3.8, 4) is 17.6 Å². The van der Waals surface area contributed by atoms with E-state index in [1.54, 1.807) is 12.1 Å². The zero-order valence-corrected chi connectivity index (χ0v) is 27.1. The summed E-state index contributed by atoms with van der Waals surface area (Å²) in [6.45, 7) is 0.976. The molecule has 11 nitrogen and oxygen atoms in total. The number of ether oxygens (including phenoxy) is 2. The normalized spacial score (nSPS) is 11.8. The van der Waals surface area contributed by atoms with Gasteiger partial charge >= 0.3 is 12.1 Å². The standard InChI is InChI=1S/C32H38F3N5O6S/c1-40(2)15-14-38-24-7-4-6-21-22(19-32(33,34)35)27(47-29(21)24)8-5-13-37-23-10-9-20(18-26(23)46-17-16-41)30(43)39-25(31(44)45-3)11-12-28(36)42/h4,6-7,9-10,18,25,37-38,41H,11-17,19H2,1-3H3,(H2,36,42)(H,39,43). The number of nitrogens with two attached hydrogens (primary N) is 1. The van der Waals surface area contributed by atoms with Gasteiger partial charge < -0.3 is 41.2 Å². The van der Waals surface area contributed by atoms with Crippen molar-refractivity contribution in [2.45, 2.75) is 31.5 Å². The fourth-order valence-corrected chi connectivity index (χ4v) is 5.65. The van der Waals surface area contributed by atoms with Gasteiger partial charge in [0.25, 0.3) is 5.91 Å². The molecule has 2 aromatic carbocycles. The van der Waals surface area contributed by atoms with Crippen molar-refractivity contribution in [3.63, 3.8) is 0 Å². The number of fused-ring (bicyclic) bond motifs is 1. The highest BCUT2D eigenvalue weighted by Gasteiger charge is 2.31. The van der Waals surface area contributed by atoms with Crippen LogP contribution in [0.3, 0.4) is 0 Å². The van der Waals surface area contributed by atoms with Gasteiger partial charge in [0.1, 0.15) is 18.4 Å². The molecule has 0 aliphatic heterocycles. The first-order chi connectivity index (χ1) is 22.3. The number of carbonyl (C=O) groups is 3. The van der Waals surface area contributed by atoms with E-state index in [9.17, 15) is 32.7 Å². The number of nitrogens with one attached hydrogen (secondary N) is 3. The first kappa shape index (κ1) is 36.9. The summed E-state index contributed by atoms with van der Waals surface area (Å²) in [5.74, 6) is 3.92. The van der Waals surface area contributed by atoms with Crippen LogP contribution < -0.4 is 26.4 Å². The maximum absolute atomic E-state index is 13.6. The third kappa shape index (κ3) is 11.3. The van der Waals surface area contributed by atoms with Gasteiger partial charge in [0, 0.05) is 25.1 Å². The number of primary amides is 1. The highest BCUT2D eigenvalue weighted by atomic mass is 32.1. The highest BCUT2D eigenvalue weighted by molar-refractivity contribution is 7.20. The van der Waals surface area contributed by atoms with Gasteiger partial charge in [-0.2, -0.15) is 13.2 Å². The Morgan fingerprint density at radius 2 is 1.89 bits per heavy atom. The number of nitrogens with zero attached hydrogens (tertiary/aromatic N) is 1. The van der Waals surface area contributed by atoms with E-state index < -0.39 is 36.4 Å². The second kappa shape index (κ2) is 17.4. The number of rotatable bonds is 16. The molecule has 0 radical (unpaired) electrons. The number of carbonyl (C=O) groups excluding carboxylic acids is 3. The Morgan fingerprint density at radius 3 is 2.55 bits per heavy atom. The minimum Gasteiger partial charge on any atom is -0.489 e. The van der Waals surface area contributed by atoms with Crippen LogP contribution >= 0.6 is 11.3 Å². The number of anilines is 2. The van der Waals surface area contributed by atoms with Crippen LogP contribution in [0.2, 0.25) is 0 Å². The molecule has 254 valence electrons. The van der Waals surface area contributed by atoms with Crippen molar-refractivity contribution in [3.05, 3.63) is 52.4 Å². The third-order valence-electron chi connectivity index (χ3n) is 6.70. The summed E-state index contributed by atoms with van der Waals surface area (Å²) in [6.07, 6.45) is -5.75. The lowest BCUT2D eigenvalue weighted by atomic mass is 10.1. The van der Waals surface area contributed by atoms with Crippen LogP contribution in [0.25, 0.3) is 10.1 Å². The molecule has 2 amide bonds. The minimum atomic E-state index is -4.43. The lowest BCUT2D eigenvalue weighted by Gasteiger charge is -2.17. The molecular weight excluding hydrogens is 639 g/mol. The van der Waals surface area contributed by atoms with Crippen LogP contribution in [0.5, 0.6) is 5.75 Å². The summed E-state index contributed by atoms with van der Waals surface area (Å²) >= 11 is 1.20. The number of aliphatic hydroxyl groups excluding tert-OH is 1. The van der Waals surface area contributed by atoms with Crippen LogP contribution in [-0.4, -0.2) is 94.1 Å². The molecule has 0 saturated carbocycles. The van der Waals surface area contributed by atoms with Crippen LogP contribution in [0.15, 0.2) is 36.4 Å². The zero-order valence-electron chi connectivity index (χ0n) is 26.3. The number of likely N-dealkylation sites (N-methyl/N-ethyl adjacent to an activating group) is 1. The largest absolute Gasteiger partial charge is 0.489 e.